The molecular weight excluding hydrogens is 367 g/mol. The first-order chi connectivity index (χ1) is 14.2. The van der Waals surface area contributed by atoms with Crippen LogP contribution in [0.4, 0.5) is 15.9 Å². The van der Waals surface area contributed by atoms with E-state index in [1.165, 1.54) is 12.1 Å². The van der Waals surface area contributed by atoms with E-state index in [0.717, 1.165) is 43.2 Å². The SMILES string of the molecule is O=C(NCc1ccccc1)c1ccnc(N2CCN(c3ccc(F)cc3)CC2)c1. The predicted molar refractivity (Wildman–Crippen MR) is 113 cm³/mol. The Hall–Kier alpha value is -3.41. The fourth-order valence-corrected chi connectivity index (χ4v) is 3.46. The van der Waals surface area contributed by atoms with E-state index >= 15 is 0 Å². The molecule has 3 aromatic rings. The molecule has 4 rings (SSSR count). The molecule has 0 bridgehead atoms. The van der Waals surface area contributed by atoms with Gasteiger partial charge in [-0.1, -0.05) is 30.3 Å². The monoisotopic (exact) mass is 390 g/mol. The molecule has 1 N–H and O–H groups in total. The number of hydrogen-bond acceptors (Lipinski definition) is 4. The van der Waals surface area contributed by atoms with E-state index in [9.17, 15) is 9.18 Å². The summed E-state index contributed by atoms with van der Waals surface area (Å²) >= 11 is 0. The number of amides is 1. The van der Waals surface area contributed by atoms with Crippen molar-refractivity contribution in [2.75, 3.05) is 36.0 Å². The highest BCUT2D eigenvalue weighted by atomic mass is 19.1. The standard InChI is InChI=1S/C23H23FN4O/c24-20-6-8-21(9-7-20)27-12-14-28(15-13-27)22-16-19(10-11-25-22)23(29)26-17-18-4-2-1-3-5-18/h1-11,16H,12-15,17H2,(H,26,29). The molecule has 2 aromatic carbocycles. The highest BCUT2D eigenvalue weighted by molar-refractivity contribution is 5.94. The van der Waals surface area contributed by atoms with Crippen LogP contribution in [0.15, 0.2) is 72.9 Å². The van der Waals surface area contributed by atoms with Crippen molar-refractivity contribution in [3.8, 4) is 0 Å². The van der Waals surface area contributed by atoms with E-state index < -0.39 is 0 Å². The number of benzene rings is 2. The molecule has 0 radical (unpaired) electrons. The van der Waals surface area contributed by atoms with Crippen LogP contribution in [0.25, 0.3) is 0 Å². The van der Waals surface area contributed by atoms with Crippen LogP contribution in [0, 0.1) is 5.82 Å². The Labute approximate surface area is 169 Å². The number of nitrogens with one attached hydrogen (secondary N) is 1. The molecule has 1 aliphatic heterocycles. The molecular formula is C23H23FN4O. The lowest BCUT2D eigenvalue weighted by Gasteiger charge is -2.36. The zero-order chi connectivity index (χ0) is 20.1. The number of anilines is 2. The maximum atomic E-state index is 13.1. The summed E-state index contributed by atoms with van der Waals surface area (Å²) in [5.41, 5.74) is 2.69. The van der Waals surface area contributed by atoms with Crippen LogP contribution in [0.1, 0.15) is 15.9 Å². The number of carbonyl (C=O) groups excluding carboxylic acids is 1. The Balaban J connectivity index is 1.36. The molecule has 0 atom stereocenters. The number of aromatic nitrogens is 1. The minimum Gasteiger partial charge on any atom is -0.368 e. The number of hydrogen-bond donors (Lipinski definition) is 1. The molecule has 0 aliphatic carbocycles. The van der Waals surface area contributed by atoms with Crippen LogP contribution >= 0.6 is 0 Å². The van der Waals surface area contributed by atoms with Crippen molar-refractivity contribution in [1.29, 1.82) is 0 Å². The molecule has 6 heteroatoms. The minimum absolute atomic E-state index is 0.109. The summed E-state index contributed by atoms with van der Waals surface area (Å²) in [5, 5.41) is 2.95. The Morgan fingerprint density at radius 3 is 2.34 bits per heavy atom. The summed E-state index contributed by atoms with van der Waals surface area (Å²) < 4.78 is 13.1. The third kappa shape index (κ3) is 4.71. The van der Waals surface area contributed by atoms with Gasteiger partial charge in [-0.05, 0) is 42.0 Å². The van der Waals surface area contributed by atoms with Crippen molar-refractivity contribution in [2.45, 2.75) is 6.54 Å². The van der Waals surface area contributed by atoms with E-state index in [2.05, 4.69) is 20.1 Å². The lowest BCUT2D eigenvalue weighted by Crippen LogP contribution is -2.46. The number of rotatable bonds is 5. The van der Waals surface area contributed by atoms with Crippen molar-refractivity contribution in [3.63, 3.8) is 0 Å². The van der Waals surface area contributed by atoms with Crippen LogP contribution in [-0.2, 0) is 6.54 Å². The van der Waals surface area contributed by atoms with Gasteiger partial charge in [0.2, 0.25) is 0 Å². The van der Waals surface area contributed by atoms with E-state index in [1.807, 2.05) is 36.4 Å². The lowest BCUT2D eigenvalue weighted by atomic mass is 10.2. The van der Waals surface area contributed by atoms with Gasteiger partial charge in [-0.3, -0.25) is 4.79 Å². The lowest BCUT2D eigenvalue weighted by molar-refractivity contribution is 0.0951. The molecule has 1 aliphatic rings. The van der Waals surface area contributed by atoms with Gasteiger partial charge in [0, 0.05) is 50.2 Å². The molecule has 29 heavy (non-hydrogen) atoms. The summed E-state index contributed by atoms with van der Waals surface area (Å²) in [7, 11) is 0. The van der Waals surface area contributed by atoms with E-state index in [4.69, 9.17) is 0 Å². The summed E-state index contributed by atoms with van der Waals surface area (Å²) in [5.74, 6) is 0.470. The Kier molecular flexibility index (Phi) is 5.70. The molecule has 0 saturated carbocycles. The van der Waals surface area contributed by atoms with Gasteiger partial charge in [0.1, 0.15) is 11.6 Å². The van der Waals surface area contributed by atoms with E-state index in [0.29, 0.717) is 12.1 Å². The Morgan fingerprint density at radius 2 is 1.62 bits per heavy atom. The number of halogens is 1. The second-order valence-corrected chi connectivity index (χ2v) is 7.02. The van der Waals surface area contributed by atoms with Crippen LogP contribution < -0.4 is 15.1 Å². The largest absolute Gasteiger partial charge is 0.368 e. The van der Waals surface area contributed by atoms with Gasteiger partial charge in [-0.2, -0.15) is 0 Å². The van der Waals surface area contributed by atoms with Gasteiger partial charge in [0.25, 0.3) is 5.91 Å². The second-order valence-electron chi connectivity index (χ2n) is 7.02. The molecule has 0 unspecified atom stereocenters. The van der Waals surface area contributed by atoms with Gasteiger partial charge in [-0.25, -0.2) is 9.37 Å². The third-order valence-corrected chi connectivity index (χ3v) is 5.10. The summed E-state index contributed by atoms with van der Waals surface area (Å²) in [6.45, 7) is 3.71. The van der Waals surface area contributed by atoms with E-state index in [1.54, 1.807) is 24.4 Å². The van der Waals surface area contributed by atoms with Crippen molar-refractivity contribution in [2.24, 2.45) is 0 Å². The molecule has 1 amide bonds. The maximum absolute atomic E-state index is 13.1. The topological polar surface area (TPSA) is 48.5 Å². The average Bonchev–Trinajstić information content (AvgIpc) is 2.79. The smallest absolute Gasteiger partial charge is 0.251 e. The van der Waals surface area contributed by atoms with Gasteiger partial charge in [0.05, 0.1) is 0 Å². The van der Waals surface area contributed by atoms with Gasteiger partial charge < -0.3 is 15.1 Å². The molecule has 1 fully saturated rings. The van der Waals surface area contributed by atoms with Gasteiger partial charge in [0.15, 0.2) is 0 Å². The number of piperazine rings is 1. The van der Waals surface area contributed by atoms with Crippen LogP contribution in [0.5, 0.6) is 0 Å². The Morgan fingerprint density at radius 1 is 0.931 bits per heavy atom. The first-order valence-corrected chi connectivity index (χ1v) is 9.73. The zero-order valence-electron chi connectivity index (χ0n) is 16.1. The van der Waals surface area contributed by atoms with Crippen molar-refractivity contribution >= 4 is 17.4 Å². The fourth-order valence-electron chi connectivity index (χ4n) is 3.46. The number of nitrogens with zero attached hydrogens (tertiary/aromatic N) is 3. The molecule has 5 nitrogen and oxygen atoms in total. The fraction of sp³-hybridized carbons (Fsp3) is 0.217. The molecule has 2 heterocycles. The van der Waals surface area contributed by atoms with Crippen LogP contribution in [-0.4, -0.2) is 37.1 Å². The summed E-state index contributed by atoms with van der Waals surface area (Å²) in [6.07, 6.45) is 1.68. The molecule has 1 aromatic heterocycles. The summed E-state index contributed by atoms with van der Waals surface area (Å²) in [4.78, 5) is 21.4. The van der Waals surface area contributed by atoms with E-state index in [-0.39, 0.29) is 11.7 Å². The first kappa shape index (κ1) is 18.9. The normalized spacial score (nSPS) is 14.0. The predicted octanol–water partition coefficient (Wildman–Crippen LogP) is 3.48. The van der Waals surface area contributed by atoms with Crippen molar-refractivity contribution in [3.05, 3.63) is 89.9 Å². The second kappa shape index (κ2) is 8.73. The Bertz CT molecular complexity index is 954. The molecule has 1 saturated heterocycles. The quantitative estimate of drug-likeness (QED) is 0.725. The van der Waals surface area contributed by atoms with Gasteiger partial charge >= 0.3 is 0 Å². The average molecular weight is 390 g/mol. The van der Waals surface area contributed by atoms with Crippen molar-refractivity contribution in [1.82, 2.24) is 10.3 Å². The van der Waals surface area contributed by atoms with Crippen LogP contribution in [0.3, 0.4) is 0 Å². The highest BCUT2D eigenvalue weighted by Gasteiger charge is 2.19. The molecule has 148 valence electrons. The first-order valence-electron chi connectivity index (χ1n) is 9.73. The highest BCUT2D eigenvalue weighted by Crippen LogP contribution is 2.20. The van der Waals surface area contributed by atoms with Gasteiger partial charge in [-0.15, -0.1) is 0 Å². The third-order valence-electron chi connectivity index (χ3n) is 5.10. The van der Waals surface area contributed by atoms with Crippen molar-refractivity contribution < 1.29 is 9.18 Å². The molecule has 0 spiro atoms. The van der Waals surface area contributed by atoms with Crippen LogP contribution in [0.2, 0.25) is 0 Å². The zero-order valence-corrected chi connectivity index (χ0v) is 16.1. The summed E-state index contributed by atoms with van der Waals surface area (Å²) in [6, 6.07) is 20.0. The minimum atomic E-state index is -0.223. The number of carbonyl (C=O) groups is 1. The maximum Gasteiger partial charge on any atom is 0.251 e. The number of pyridine rings is 1.